The third-order valence-electron chi connectivity index (χ3n) is 8.54. The van der Waals surface area contributed by atoms with E-state index in [9.17, 15) is 29.1 Å². The molecule has 1 amide bonds. The van der Waals surface area contributed by atoms with Crippen LogP contribution in [0.25, 0.3) is 0 Å². The number of fused-ring (bicyclic) bond motifs is 3. The fraction of sp³-hybridized carbons (Fsp3) is 0.593. The van der Waals surface area contributed by atoms with Crippen molar-refractivity contribution in [1.82, 2.24) is 0 Å². The maximum Gasteiger partial charge on any atom is 0.235 e. The number of rotatable bonds is 6. The van der Waals surface area contributed by atoms with Gasteiger partial charge in [0.2, 0.25) is 5.91 Å². The Kier molecular flexibility index (Phi) is 6.24. The van der Waals surface area contributed by atoms with Gasteiger partial charge in [-0.1, -0.05) is 39.8 Å². The van der Waals surface area contributed by atoms with Crippen LogP contribution in [0.4, 0.5) is 0 Å². The van der Waals surface area contributed by atoms with Crippen molar-refractivity contribution in [2.75, 3.05) is 13.2 Å². The molecule has 0 aliphatic heterocycles. The van der Waals surface area contributed by atoms with E-state index in [0.717, 1.165) is 0 Å². The largest absolute Gasteiger partial charge is 0.493 e. The third-order valence-corrected chi connectivity index (χ3v) is 8.54. The summed E-state index contributed by atoms with van der Waals surface area (Å²) in [7, 11) is 0. The van der Waals surface area contributed by atoms with Gasteiger partial charge in [-0.2, -0.15) is 0 Å². The number of benzene rings is 1. The van der Waals surface area contributed by atoms with Gasteiger partial charge in [-0.15, -0.1) is 0 Å². The molecule has 4 rings (SSSR count). The van der Waals surface area contributed by atoms with Crippen LogP contribution in [-0.4, -0.2) is 58.1 Å². The molecule has 3 aliphatic carbocycles. The number of primary amides is 1. The van der Waals surface area contributed by atoms with E-state index < -0.39 is 69.1 Å². The molecule has 3 aliphatic rings. The molecule has 0 aromatic heterocycles. The van der Waals surface area contributed by atoms with E-state index in [2.05, 4.69) is 0 Å². The summed E-state index contributed by atoms with van der Waals surface area (Å²) in [5.74, 6) is -9.16. The van der Waals surface area contributed by atoms with Gasteiger partial charge in [0.05, 0.1) is 18.1 Å². The molecular weight excluding hydrogens is 466 g/mol. The summed E-state index contributed by atoms with van der Waals surface area (Å²) in [5.41, 5.74) is 1.05. The summed E-state index contributed by atoms with van der Waals surface area (Å²) in [5, 5.41) is 21.0. The lowest BCUT2D eigenvalue weighted by atomic mass is 9.40. The Bertz CT molecular complexity index is 1170. The zero-order valence-electron chi connectivity index (χ0n) is 21.0. The van der Waals surface area contributed by atoms with Crippen molar-refractivity contribution >= 4 is 29.0 Å². The Labute approximate surface area is 209 Å². The number of ketones is 4. The summed E-state index contributed by atoms with van der Waals surface area (Å²) in [6.07, 6.45) is 0.683. The van der Waals surface area contributed by atoms with Crippen LogP contribution < -0.4 is 10.5 Å². The first-order valence-corrected chi connectivity index (χ1v) is 12.3. The van der Waals surface area contributed by atoms with Crippen LogP contribution in [0.1, 0.15) is 56.5 Å². The predicted molar refractivity (Wildman–Crippen MR) is 127 cm³/mol. The molecule has 2 fully saturated rings. The second-order valence-corrected chi connectivity index (χ2v) is 11.3. The Balaban J connectivity index is 1.89. The van der Waals surface area contributed by atoms with Crippen LogP contribution in [0.2, 0.25) is 0 Å². The topological polar surface area (TPSA) is 161 Å². The van der Waals surface area contributed by atoms with Crippen molar-refractivity contribution in [2.45, 2.75) is 52.6 Å². The van der Waals surface area contributed by atoms with Crippen molar-refractivity contribution in [1.29, 1.82) is 0 Å². The zero-order valence-corrected chi connectivity index (χ0v) is 21.0. The lowest BCUT2D eigenvalue weighted by Gasteiger charge is -2.61. The Hall–Kier alpha value is -2.91. The van der Waals surface area contributed by atoms with Crippen molar-refractivity contribution < 1.29 is 38.9 Å². The molecule has 9 heteroatoms. The molecule has 0 radical (unpaired) electrons. The van der Waals surface area contributed by atoms with E-state index in [1.165, 1.54) is 0 Å². The summed E-state index contributed by atoms with van der Waals surface area (Å²) in [4.78, 5) is 67.1. The van der Waals surface area contributed by atoms with Crippen molar-refractivity contribution in [3.8, 4) is 5.75 Å². The average molecular weight is 500 g/mol. The molecule has 1 aromatic rings. The maximum absolute atomic E-state index is 14.1. The summed E-state index contributed by atoms with van der Waals surface area (Å²) in [6.45, 7) is 6.85. The van der Waals surface area contributed by atoms with Crippen LogP contribution in [0, 0.1) is 34.5 Å². The van der Waals surface area contributed by atoms with E-state index >= 15 is 0 Å². The molecule has 9 nitrogen and oxygen atoms in total. The number of nitrogens with two attached hydrogens (primary N) is 1. The van der Waals surface area contributed by atoms with Gasteiger partial charge >= 0.3 is 0 Å². The standard InChI is InChI=1S/C27H33NO8/c1-13(2)18-21(31)17(24(28)34)22(32)27(35)23(33)19-20(30)16-14(11-25(19,3)12-26(18,27)4)7-5-8-15(16)36-10-6-9-29/h5,7-8,13,17-19,29,35H,6,9-12H2,1-4H3,(H2,28,34). The molecule has 36 heavy (non-hydrogen) atoms. The monoisotopic (exact) mass is 499 g/mol. The highest BCUT2D eigenvalue weighted by atomic mass is 16.5. The molecule has 0 heterocycles. The molecular formula is C27H33NO8. The summed E-state index contributed by atoms with van der Waals surface area (Å²) >= 11 is 0. The number of Topliss-reactive ketones (excluding diaryl/α,β-unsaturated/α-hetero) is 4. The highest BCUT2D eigenvalue weighted by Crippen LogP contribution is 2.63. The molecule has 6 unspecified atom stereocenters. The first-order valence-electron chi connectivity index (χ1n) is 12.3. The Morgan fingerprint density at radius 2 is 1.83 bits per heavy atom. The van der Waals surface area contributed by atoms with Crippen LogP contribution >= 0.6 is 0 Å². The molecule has 194 valence electrons. The Morgan fingerprint density at radius 1 is 1.17 bits per heavy atom. The normalized spacial score (nSPS) is 35.8. The minimum atomic E-state index is -2.72. The number of aliphatic hydroxyl groups is 2. The molecule has 0 bridgehead atoms. The number of hydrogen-bond acceptors (Lipinski definition) is 8. The van der Waals surface area contributed by atoms with E-state index in [-0.39, 0.29) is 30.9 Å². The van der Waals surface area contributed by atoms with E-state index in [1.807, 2.05) is 0 Å². The number of amides is 1. The second-order valence-electron chi connectivity index (χ2n) is 11.3. The van der Waals surface area contributed by atoms with Crippen molar-refractivity contribution in [2.24, 2.45) is 40.2 Å². The number of hydrogen-bond donors (Lipinski definition) is 3. The lowest BCUT2D eigenvalue weighted by Crippen LogP contribution is -2.77. The first kappa shape index (κ1) is 26.2. The molecule has 0 saturated heterocycles. The van der Waals surface area contributed by atoms with Gasteiger partial charge in [0, 0.05) is 24.4 Å². The van der Waals surface area contributed by atoms with Gasteiger partial charge in [-0.3, -0.25) is 24.0 Å². The van der Waals surface area contributed by atoms with Gasteiger partial charge < -0.3 is 20.7 Å². The number of aliphatic hydroxyl groups excluding tert-OH is 1. The highest BCUT2D eigenvalue weighted by Gasteiger charge is 2.76. The summed E-state index contributed by atoms with van der Waals surface area (Å²) in [6, 6.07) is 5.13. The Morgan fingerprint density at radius 3 is 2.42 bits per heavy atom. The van der Waals surface area contributed by atoms with Gasteiger partial charge in [0.25, 0.3) is 0 Å². The fourth-order valence-corrected chi connectivity index (χ4v) is 7.33. The van der Waals surface area contributed by atoms with Gasteiger partial charge in [-0.25, -0.2) is 0 Å². The van der Waals surface area contributed by atoms with E-state index in [0.29, 0.717) is 18.4 Å². The smallest absolute Gasteiger partial charge is 0.235 e. The number of carbonyl (C=O) groups is 5. The average Bonchev–Trinajstić information content (AvgIpc) is 2.76. The highest BCUT2D eigenvalue weighted by molar-refractivity contribution is 6.32. The predicted octanol–water partition coefficient (Wildman–Crippen LogP) is 1.04. The van der Waals surface area contributed by atoms with Crippen molar-refractivity contribution in [3.63, 3.8) is 0 Å². The molecule has 2 saturated carbocycles. The lowest BCUT2D eigenvalue weighted by molar-refractivity contribution is -0.205. The minimum absolute atomic E-state index is 0.0412. The van der Waals surface area contributed by atoms with Gasteiger partial charge in [0.1, 0.15) is 5.75 Å². The second kappa shape index (κ2) is 8.59. The molecule has 0 spiro atoms. The van der Waals surface area contributed by atoms with E-state index in [1.54, 1.807) is 45.9 Å². The van der Waals surface area contributed by atoms with Crippen molar-refractivity contribution in [3.05, 3.63) is 29.3 Å². The molecule has 6 atom stereocenters. The SMILES string of the molecule is CC(C)C1C(=O)C(C(N)=O)C(=O)C2(O)C(=O)C3C(=O)c4c(cccc4OCCCO)CC3(C)CC12C. The fourth-order valence-electron chi connectivity index (χ4n) is 7.33. The minimum Gasteiger partial charge on any atom is -0.493 e. The third kappa shape index (κ3) is 3.32. The van der Waals surface area contributed by atoms with Gasteiger partial charge in [-0.05, 0) is 35.8 Å². The maximum atomic E-state index is 14.1. The first-order chi connectivity index (χ1) is 16.8. The molecule has 4 N–H and O–H groups in total. The van der Waals surface area contributed by atoms with Crippen LogP contribution in [0.15, 0.2) is 18.2 Å². The summed E-state index contributed by atoms with van der Waals surface area (Å²) < 4.78 is 5.72. The number of carbonyl (C=O) groups excluding carboxylic acids is 5. The molecule has 1 aromatic carbocycles. The van der Waals surface area contributed by atoms with Crippen LogP contribution in [0.3, 0.4) is 0 Å². The number of ether oxygens (including phenoxy) is 1. The quantitative estimate of drug-likeness (QED) is 0.386. The zero-order chi connectivity index (χ0) is 26.8. The van der Waals surface area contributed by atoms with Gasteiger partial charge in [0.15, 0.2) is 34.7 Å². The van der Waals surface area contributed by atoms with Crippen LogP contribution in [-0.2, 0) is 25.6 Å². The van der Waals surface area contributed by atoms with Crippen LogP contribution in [0.5, 0.6) is 5.75 Å². The van der Waals surface area contributed by atoms with E-state index in [4.69, 9.17) is 15.6 Å².